The summed E-state index contributed by atoms with van der Waals surface area (Å²) in [6.45, 7) is 6.49. The summed E-state index contributed by atoms with van der Waals surface area (Å²) in [5.41, 5.74) is 4.05. The summed E-state index contributed by atoms with van der Waals surface area (Å²) in [7, 11) is 4.55. The van der Waals surface area contributed by atoms with Gasteiger partial charge < -0.3 is 18.6 Å². The standard InChI is InChI=1S/C29H29NO5/c1-29(2,3)20-13-11-18(12-14-20)15-21(28-30-22-9-7-8-10-23(22)35-28)26(31)19-16-24(32-4)27(34-6)25(17-19)33-5/h7-17H,1-6H3/b21-15+. The van der Waals surface area contributed by atoms with Gasteiger partial charge in [0.1, 0.15) is 5.52 Å². The Labute approximate surface area is 205 Å². The van der Waals surface area contributed by atoms with Crippen LogP contribution in [0.15, 0.2) is 65.1 Å². The summed E-state index contributed by atoms with van der Waals surface area (Å²) in [6, 6.07) is 18.8. The number of hydrogen-bond acceptors (Lipinski definition) is 6. The summed E-state index contributed by atoms with van der Waals surface area (Å²) in [5, 5.41) is 0. The molecule has 0 radical (unpaired) electrons. The van der Waals surface area contributed by atoms with Crippen molar-refractivity contribution in [1.82, 2.24) is 4.98 Å². The fraction of sp³-hybridized carbons (Fsp3) is 0.241. The van der Waals surface area contributed by atoms with Crippen molar-refractivity contribution in [3.8, 4) is 17.2 Å². The molecule has 6 nitrogen and oxygen atoms in total. The van der Waals surface area contributed by atoms with Gasteiger partial charge in [-0.15, -0.1) is 0 Å². The Morgan fingerprint density at radius 2 is 1.51 bits per heavy atom. The number of carbonyl (C=O) groups excluding carboxylic acids is 1. The molecule has 0 saturated heterocycles. The Hall–Kier alpha value is -4.06. The Balaban J connectivity index is 1.86. The Morgan fingerprint density at radius 1 is 0.886 bits per heavy atom. The molecule has 0 atom stereocenters. The number of allylic oxidation sites excluding steroid dienone is 1. The molecule has 1 heterocycles. The average molecular weight is 472 g/mol. The van der Waals surface area contributed by atoms with Crippen LogP contribution in [0.1, 0.15) is 48.1 Å². The topological polar surface area (TPSA) is 70.8 Å². The molecule has 0 fully saturated rings. The van der Waals surface area contributed by atoms with Gasteiger partial charge >= 0.3 is 0 Å². The Kier molecular flexibility index (Phi) is 6.65. The number of ketones is 1. The predicted molar refractivity (Wildman–Crippen MR) is 137 cm³/mol. The maximum absolute atomic E-state index is 13.9. The Bertz CT molecular complexity index is 1330. The van der Waals surface area contributed by atoms with Gasteiger partial charge in [-0.05, 0) is 46.9 Å². The fourth-order valence-electron chi connectivity index (χ4n) is 3.83. The third-order valence-corrected chi connectivity index (χ3v) is 5.78. The van der Waals surface area contributed by atoms with Crippen LogP contribution < -0.4 is 14.2 Å². The molecular formula is C29H29NO5. The van der Waals surface area contributed by atoms with Crippen molar-refractivity contribution >= 4 is 28.5 Å². The zero-order valence-corrected chi connectivity index (χ0v) is 20.8. The number of nitrogens with zero attached hydrogens (tertiary/aromatic N) is 1. The molecule has 0 aliphatic heterocycles. The fourth-order valence-corrected chi connectivity index (χ4v) is 3.83. The quantitative estimate of drug-likeness (QED) is 0.224. The molecular weight excluding hydrogens is 442 g/mol. The number of oxazole rings is 1. The lowest BCUT2D eigenvalue weighted by Gasteiger charge is -2.18. The smallest absolute Gasteiger partial charge is 0.231 e. The first-order valence-corrected chi connectivity index (χ1v) is 11.3. The first kappa shape index (κ1) is 24.1. The molecule has 0 saturated carbocycles. The van der Waals surface area contributed by atoms with Crippen molar-refractivity contribution in [1.29, 1.82) is 0 Å². The SMILES string of the molecule is COc1cc(C(=O)/C(=C\c2ccc(C(C)(C)C)cc2)c2nc3ccccc3o2)cc(OC)c1OC. The van der Waals surface area contributed by atoms with Gasteiger partial charge in [-0.2, -0.15) is 0 Å². The second kappa shape index (κ2) is 9.66. The highest BCUT2D eigenvalue weighted by Crippen LogP contribution is 2.39. The molecule has 35 heavy (non-hydrogen) atoms. The van der Waals surface area contributed by atoms with Gasteiger partial charge in [-0.3, -0.25) is 4.79 Å². The maximum Gasteiger partial charge on any atom is 0.231 e. The van der Waals surface area contributed by atoms with E-state index in [1.54, 1.807) is 18.2 Å². The lowest BCUT2D eigenvalue weighted by atomic mass is 9.86. The molecule has 4 rings (SSSR count). The average Bonchev–Trinajstić information content (AvgIpc) is 3.29. The molecule has 0 aliphatic carbocycles. The van der Waals surface area contributed by atoms with Gasteiger partial charge in [-0.25, -0.2) is 4.98 Å². The van der Waals surface area contributed by atoms with E-state index in [2.05, 4.69) is 37.9 Å². The van der Waals surface area contributed by atoms with E-state index < -0.39 is 0 Å². The number of para-hydroxylation sites is 2. The minimum Gasteiger partial charge on any atom is -0.493 e. The molecule has 0 amide bonds. The van der Waals surface area contributed by atoms with Crippen LogP contribution >= 0.6 is 0 Å². The third-order valence-electron chi connectivity index (χ3n) is 5.78. The van der Waals surface area contributed by atoms with E-state index in [-0.39, 0.29) is 17.1 Å². The van der Waals surface area contributed by atoms with Gasteiger partial charge in [-0.1, -0.05) is 57.2 Å². The number of hydrogen-bond donors (Lipinski definition) is 0. The molecule has 0 spiro atoms. The van der Waals surface area contributed by atoms with E-state index in [4.69, 9.17) is 18.6 Å². The molecule has 180 valence electrons. The first-order chi connectivity index (χ1) is 16.7. The number of fused-ring (bicyclic) bond motifs is 1. The monoisotopic (exact) mass is 471 g/mol. The largest absolute Gasteiger partial charge is 0.493 e. The van der Waals surface area contributed by atoms with Gasteiger partial charge in [0.25, 0.3) is 0 Å². The Morgan fingerprint density at radius 3 is 2.06 bits per heavy atom. The van der Waals surface area contributed by atoms with Crippen molar-refractivity contribution < 1.29 is 23.4 Å². The van der Waals surface area contributed by atoms with Crippen molar-refractivity contribution in [3.05, 3.63) is 83.2 Å². The van der Waals surface area contributed by atoms with Crippen molar-refractivity contribution in [2.45, 2.75) is 26.2 Å². The first-order valence-electron chi connectivity index (χ1n) is 11.3. The number of rotatable bonds is 7. The number of ether oxygens (including phenoxy) is 3. The second-order valence-corrected chi connectivity index (χ2v) is 9.16. The van der Waals surface area contributed by atoms with E-state index >= 15 is 0 Å². The van der Waals surface area contributed by atoms with Crippen LogP contribution in [0.3, 0.4) is 0 Å². The van der Waals surface area contributed by atoms with Crippen molar-refractivity contribution in [2.24, 2.45) is 0 Å². The highest BCUT2D eigenvalue weighted by atomic mass is 16.5. The van der Waals surface area contributed by atoms with Crippen LogP contribution in [0.4, 0.5) is 0 Å². The van der Waals surface area contributed by atoms with E-state index in [1.165, 1.54) is 26.9 Å². The molecule has 1 aromatic heterocycles. The number of carbonyl (C=O) groups is 1. The van der Waals surface area contributed by atoms with Crippen molar-refractivity contribution in [2.75, 3.05) is 21.3 Å². The van der Waals surface area contributed by atoms with Crippen LogP contribution in [0.25, 0.3) is 22.7 Å². The highest BCUT2D eigenvalue weighted by Gasteiger charge is 2.24. The van der Waals surface area contributed by atoms with E-state index in [0.29, 0.717) is 39.5 Å². The lowest BCUT2D eigenvalue weighted by molar-refractivity contribution is 0.105. The van der Waals surface area contributed by atoms with Gasteiger partial charge in [0.15, 0.2) is 22.9 Å². The summed E-state index contributed by atoms with van der Waals surface area (Å²) in [5.74, 6) is 1.15. The van der Waals surface area contributed by atoms with E-state index in [1.807, 2.05) is 36.4 Å². The zero-order valence-electron chi connectivity index (χ0n) is 20.8. The van der Waals surface area contributed by atoms with Crippen LogP contribution in [0.5, 0.6) is 17.2 Å². The second-order valence-electron chi connectivity index (χ2n) is 9.16. The van der Waals surface area contributed by atoms with Gasteiger partial charge in [0.05, 0.1) is 26.9 Å². The third kappa shape index (κ3) is 4.92. The highest BCUT2D eigenvalue weighted by molar-refractivity contribution is 6.31. The molecule has 0 N–H and O–H groups in total. The maximum atomic E-state index is 13.9. The van der Waals surface area contributed by atoms with Gasteiger partial charge in [0.2, 0.25) is 11.6 Å². The predicted octanol–water partition coefficient (Wildman–Crippen LogP) is 6.57. The molecule has 4 aromatic rings. The summed E-state index contributed by atoms with van der Waals surface area (Å²) in [6.07, 6.45) is 1.79. The van der Waals surface area contributed by atoms with Crippen LogP contribution in [-0.2, 0) is 5.41 Å². The van der Waals surface area contributed by atoms with E-state index in [9.17, 15) is 4.79 Å². The number of Topliss-reactive ketones (excluding diaryl/α,β-unsaturated/α-hetero) is 1. The molecule has 0 unspecified atom stereocenters. The normalized spacial score (nSPS) is 12.0. The molecule has 6 heteroatoms. The zero-order chi connectivity index (χ0) is 25.2. The molecule has 0 bridgehead atoms. The van der Waals surface area contributed by atoms with Crippen LogP contribution in [0.2, 0.25) is 0 Å². The summed E-state index contributed by atoms with van der Waals surface area (Å²) >= 11 is 0. The number of methoxy groups -OCH3 is 3. The van der Waals surface area contributed by atoms with Crippen LogP contribution in [0, 0.1) is 0 Å². The lowest BCUT2D eigenvalue weighted by Crippen LogP contribution is -2.10. The number of aromatic nitrogens is 1. The van der Waals surface area contributed by atoms with E-state index in [0.717, 1.165) is 5.56 Å². The molecule has 3 aromatic carbocycles. The summed E-state index contributed by atoms with van der Waals surface area (Å²) in [4.78, 5) is 18.5. The summed E-state index contributed by atoms with van der Waals surface area (Å²) < 4.78 is 22.3. The van der Waals surface area contributed by atoms with Crippen molar-refractivity contribution in [3.63, 3.8) is 0 Å². The number of benzene rings is 3. The molecule has 0 aliphatic rings. The minimum absolute atomic E-state index is 0.0252. The van der Waals surface area contributed by atoms with Gasteiger partial charge in [0, 0.05) is 5.56 Å². The minimum atomic E-state index is -0.282. The van der Waals surface area contributed by atoms with Crippen LogP contribution in [-0.4, -0.2) is 32.1 Å².